The fourth-order valence-electron chi connectivity index (χ4n) is 1.05. The molecule has 1 aliphatic heterocycles. The molecule has 5 heteroatoms. The molecule has 14 heavy (non-hydrogen) atoms. The number of carbonyl (C=O) groups is 3. The van der Waals surface area contributed by atoms with Gasteiger partial charge in [0.15, 0.2) is 0 Å². The van der Waals surface area contributed by atoms with Crippen LogP contribution in [0.4, 0.5) is 0 Å². The number of carboxylic acid groups (broad SMARTS) is 1. The normalized spacial score (nSPS) is 16.6. The second-order valence-electron chi connectivity index (χ2n) is 3.78. The molecule has 5 nitrogen and oxygen atoms in total. The minimum atomic E-state index is -1.11. The van der Waals surface area contributed by atoms with Crippen LogP contribution in [0.25, 0.3) is 0 Å². The predicted molar refractivity (Wildman–Crippen MR) is 47.3 cm³/mol. The van der Waals surface area contributed by atoms with Gasteiger partial charge in [-0.1, -0.05) is 0 Å². The molecule has 0 saturated carbocycles. The molecule has 0 aliphatic carbocycles. The Morgan fingerprint density at radius 2 is 1.79 bits per heavy atom. The number of amides is 2. The molecule has 0 saturated heterocycles. The van der Waals surface area contributed by atoms with Gasteiger partial charge >= 0.3 is 5.97 Å². The zero-order valence-electron chi connectivity index (χ0n) is 7.98. The highest BCUT2D eigenvalue weighted by Crippen LogP contribution is 2.19. The number of nitrogens with zero attached hydrogens (tertiary/aromatic N) is 1. The number of imide groups is 1. The van der Waals surface area contributed by atoms with E-state index in [1.807, 2.05) is 0 Å². The van der Waals surface area contributed by atoms with E-state index in [2.05, 4.69) is 0 Å². The highest BCUT2D eigenvalue weighted by atomic mass is 16.4. The second kappa shape index (κ2) is 3.25. The third-order valence-electron chi connectivity index (χ3n) is 2.03. The Morgan fingerprint density at radius 1 is 1.36 bits per heavy atom. The molecule has 0 bridgehead atoms. The molecular formula is C9H11NO4. The Morgan fingerprint density at radius 3 is 2.14 bits per heavy atom. The monoisotopic (exact) mass is 197 g/mol. The number of rotatable bonds is 3. The summed E-state index contributed by atoms with van der Waals surface area (Å²) in [6.45, 7) is 2.83. The van der Waals surface area contributed by atoms with Crippen molar-refractivity contribution in [3.05, 3.63) is 12.2 Å². The van der Waals surface area contributed by atoms with Gasteiger partial charge in [-0.05, 0) is 13.8 Å². The molecule has 1 N–H and O–H groups in total. The van der Waals surface area contributed by atoms with Crippen molar-refractivity contribution in [1.29, 1.82) is 0 Å². The topological polar surface area (TPSA) is 74.7 Å². The zero-order chi connectivity index (χ0) is 10.9. The smallest absolute Gasteiger partial charge is 0.310 e. The molecule has 0 atom stereocenters. The van der Waals surface area contributed by atoms with E-state index in [1.165, 1.54) is 13.8 Å². The molecular weight excluding hydrogens is 186 g/mol. The van der Waals surface area contributed by atoms with E-state index in [0.29, 0.717) is 0 Å². The van der Waals surface area contributed by atoms with Crippen LogP contribution in [-0.4, -0.2) is 34.3 Å². The number of hydrogen-bond acceptors (Lipinski definition) is 3. The van der Waals surface area contributed by atoms with Crippen LogP contribution in [-0.2, 0) is 14.4 Å². The van der Waals surface area contributed by atoms with Crippen molar-refractivity contribution in [3.63, 3.8) is 0 Å². The Hall–Kier alpha value is -1.65. The van der Waals surface area contributed by atoms with Gasteiger partial charge in [0, 0.05) is 18.7 Å². The summed E-state index contributed by atoms with van der Waals surface area (Å²) in [6, 6.07) is 0. The highest BCUT2D eigenvalue weighted by Gasteiger charge is 2.35. The first-order valence-corrected chi connectivity index (χ1v) is 4.11. The third-order valence-corrected chi connectivity index (χ3v) is 2.03. The van der Waals surface area contributed by atoms with Gasteiger partial charge in [-0.15, -0.1) is 0 Å². The summed E-state index contributed by atoms with van der Waals surface area (Å²) in [5.74, 6) is -1.95. The van der Waals surface area contributed by atoms with Gasteiger partial charge in [-0.25, -0.2) is 0 Å². The van der Waals surface area contributed by atoms with Gasteiger partial charge in [0.2, 0.25) is 0 Å². The maximum Gasteiger partial charge on any atom is 0.310 e. The number of carboxylic acids is 1. The van der Waals surface area contributed by atoms with Gasteiger partial charge in [0.05, 0.1) is 5.41 Å². The van der Waals surface area contributed by atoms with Crippen molar-refractivity contribution in [3.8, 4) is 0 Å². The minimum Gasteiger partial charge on any atom is -0.481 e. The first-order valence-electron chi connectivity index (χ1n) is 4.11. The summed E-state index contributed by atoms with van der Waals surface area (Å²) in [7, 11) is 0. The lowest BCUT2D eigenvalue weighted by molar-refractivity contribution is -0.150. The first-order chi connectivity index (χ1) is 6.34. The quantitative estimate of drug-likeness (QED) is 0.647. The highest BCUT2D eigenvalue weighted by molar-refractivity contribution is 6.13. The molecule has 0 unspecified atom stereocenters. The molecule has 1 heterocycles. The van der Waals surface area contributed by atoms with Gasteiger partial charge in [-0.3, -0.25) is 19.3 Å². The van der Waals surface area contributed by atoms with E-state index < -0.39 is 23.2 Å². The third kappa shape index (κ3) is 1.81. The molecule has 0 spiro atoms. The van der Waals surface area contributed by atoms with Crippen LogP contribution < -0.4 is 0 Å². The van der Waals surface area contributed by atoms with Crippen LogP contribution in [0.5, 0.6) is 0 Å². The molecule has 0 fully saturated rings. The maximum absolute atomic E-state index is 11.1. The number of hydrogen-bond donors (Lipinski definition) is 1. The van der Waals surface area contributed by atoms with E-state index in [0.717, 1.165) is 17.1 Å². The van der Waals surface area contributed by atoms with E-state index in [9.17, 15) is 14.4 Å². The van der Waals surface area contributed by atoms with Gasteiger partial charge < -0.3 is 5.11 Å². The van der Waals surface area contributed by atoms with Crippen LogP contribution in [0.15, 0.2) is 12.2 Å². The van der Waals surface area contributed by atoms with Crippen LogP contribution >= 0.6 is 0 Å². The zero-order valence-corrected chi connectivity index (χ0v) is 7.98. The Labute approximate surface area is 81.0 Å². The molecule has 0 radical (unpaired) electrons. The molecule has 1 rings (SSSR count). The van der Waals surface area contributed by atoms with E-state index in [4.69, 9.17) is 5.11 Å². The lowest BCUT2D eigenvalue weighted by Gasteiger charge is -2.24. The Kier molecular flexibility index (Phi) is 2.42. The average molecular weight is 197 g/mol. The Balaban J connectivity index is 2.75. The molecule has 0 aromatic carbocycles. The first kappa shape index (κ1) is 10.4. The summed E-state index contributed by atoms with van der Waals surface area (Å²) in [4.78, 5) is 33.9. The average Bonchev–Trinajstić information content (AvgIpc) is 2.35. The van der Waals surface area contributed by atoms with Crippen molar-refractivity contribution in [2.45, 2.75) is 13.8 Å². The van der Waals surface area contributed by atoms with Gasteiger partial charge in [0.1, 0.15) is 0 Å². The van der Waals surface area contributed by atoms with Gasteiger partial charge in [0.25, 0.3) is 11.8 Å². The maximum atomic E-state index is 11.1. The summed E-state index contributed by atoms with van der Waals surface area (Å²) < 4.78 is 0. The standard InChI is InChI=1S/C9H11NO4/c1-9(2,8(13)14)5-10-6(11)3-4-7(10)12/h3-4H,5H2,1-2H3,(H,13,14). The fourth-order valence-corrected chi connectivity index (χ4v) is 1.05. The summed E-state index contributed by atoms with van der Waals surface area (Å²) >= 11 is 0. The van der Waals surface area contributed by atoms with Crippen molar-refractivity contribution in [1.82, 2.24) is 4.90 Å². The molecule has 0 aromatic heterocycles. The van der Waals surface area contributed by atoms with Gasteiger partial charge in [-0.2, -0.15) is 0 Å². The largest absolute Gasteiger partial charge is 0.481 e. The molecule has 2 amide bonds. The summed E-state index contributed by atoms with van der Waals surface area (Å²) in [6.07, 6.45) is 2.28. The van der Waals surface area contributed by atoms with Crippen LogP contribution in [0.3, 0.4) is 0 Å². The number of aliphatic carboxylic acids is 1. The van der Waals surface area contributed by atoms with Crippen LogP contribution in [0.1, 0.15) is 13.8 Å². The molecule has 1 aliphatic rings. The summed E-state index contributed by atoms with van der Waals surface area (Å²) in [5.41, 5.74) is -1.11. The lowest BCUT2D eigenvalue weighted by Crippen LogP contribution is -2.42. The van der Waals surface area contributed by atoms with E-state index >= 15 is 0 Å². The predicted octanol–water partition coefficient (Wildman–Crippen LogP) is 0.0222. The fraction of sp³-hybridized carbons (Fsp3) is 0.444. The lowest BCUT2D eigenvalue weighted by atomic mass is 9.93. The van der Waals surface area contributed by atoms with Crippen molar-refractivity contribution in [2.75, 3.05) is 6.54 Å². The van der Waals surface area contributed by atoms with Crippen LogP contribution in [0, 0.1) is 5.41 Å². The Bertz CT molecular complexity index is 312. The van der Waals surface area contributed by atoms with Crippen molar-refractivity contribution < 1.29 is 19.5 Å². The van der Waals surface area contributed by atoms with Crippen LogP contribution in [0.2, 0.25) is 0 Å². The van der Waals surface area contributed by atoms with Crippen molar-refractivity contribution in [2.24, 2.45) is 5.41 Å². The molecule has 76 valence electrons. The number of carbonyl (C=O) groups excluding carboxylic acids is 2. The summed E-state index contributed by atoms with van der Waals surface area (Å²) in [5, 5.41) is 8.80. The van der Waals surface area contributed by atoms with E-state index in [-0.39, 0.29) is 6.54 Å². The second-order valence-corrected chi connectivity index (χ2v) is 3.78. The SMILES string of the molecule is CC(C)(CN1C(=O)C=CC1=O)C(=O)O. The molecule has 0 aromatic rings. The van der Waals surface area contributed by atoms with E-state index in [1.54, 1.807) is 0 Å². The van der Waals surface area contributed by atoms with Crippen molar-refractivity contribution >= 4 is 17.8 Å². The minimum absolute atomic E-state index is 0.104.